The maximum absolute atomic E-state index is 11.3. The van der Waals surface area contributed by atoms with E-state index < -0.39 is 11.2 Å². The molecule has 1 aromatic heterocycles. The van der Waals surface area contributed by atoms with Crippen LogP contribution in [0.25, 0.3) is 6.20 Å². The molecule has 0 amide bonds. The topological polar surface area (TPSA) is 59.3 Å². The number of nitrogens with zero attached hydrogens (tertiary/aromatic N) is 1. The zero-order valence-corrected chi connectivity index (χ0v) is 17.7. The molecule has 0 saturated carbocycles. The number of hydrogen-bond donors (Lipinski definition) is 1. The summed E-state index contributed by atoms with van der Waals surface area (Å²) in [4.78, 5) is 22.3. The molecule has 4 nitrogen and oxygen atoms in total. The van der Waals surface area contributed by atoms with Gasteiger partial charge in [-0.2, -0.15) is 0 Å². The van der Waals surface area contributed by atoms with Crippen molar-refractivity contribution in [1.29, 1.82) is 0 Å². The van der Waals surface area contributed by atoms with Crippen molar-refractivity contribution in [2.75, 3.05) is 0 Å². The summed E-state index contributed by atoms with van der Waals surface area (Å²) >= 11 is 0. The summed E-state index contributed by atoms with van der Waals surface area (Å²) in [6.07, 6.45) is 25.5. The van der Waals surface area contributed by atoms with Gasteiger partial charge >= 0.3 is 0 Å². The highest BCUT2D eigenvalue weighted by Gasteiger charge is 2.06. The molecule has 0 aromatic carbocycles. The van der Waals surface area contributed by atoms with Gasteiger partial charge in [-0.15, -0.1) is 0 Å². The van der Waals surface area contributed by atoms with Crippen LogP contribution < -0.4 is 5.43 Å². The van der Waals surface area contributed by atoms with Crippen molar-refractivity contribution in [2.24, 2.45) is 0 Å². The highest BCUT2D eigenvalue weighted by molar-refractivity contribution is 5.77. The number of hydrogen-bond acceptors (Lipinski definition) is 3. The van der Waals surface area contributed by atoms with Gasteiger partial charge in [0.05, 0.1) is 0 Å². The molecule has 1 N–H and O–H groups in total. The average Bonchev–Trinajstić information content (AvgIpc) is 2.70. The van der Waals surface area contributed by atoms with Gasteiger partial charge in [-0.05, 0) is 12.8 Å². The molecule has 4 heteroatoms. The Morgan fingerprint density at radius 1 is 0.857 bits per heavy atom. The first kappa shape index (κ1) is 24.2. The van der Waals surface area contributed by atoms with Gasteiger partial charge in [-0.3, -0.25) is 9.59 Å². The van der Waals surface area contributed by atoms with Gasteiger partial charge < -0.3 is 9.67 Å². The van der Waals surface area contributed by atoms with Gasteiger partial charge in [0.1, 0.15) is 5.69 Å². The zero-order chi connectivity index (χ0) is 20.5. The smallest absolute Gasteiger partial charge is 0.223 e. The van der Waals surface area contributed by atoms with Crippen LogP contribution in [0.5, 0.6) is 5.75 Å². The number of aromatic hydroxyl groups is 1. The van der Waals surface area contributed by atoms with Crippen molar-refractivity contribution >= 4 is 12.5 Å². The van der Waals surface area contributed by atoms with E-state index in [9.17, 15) is 14.7 Å². The predicted octanol–water partition coefficient (Wildman–Crippen LogP) is 6.71. The first-order valence-electron chi connectivity index (χ1n) is 11.3. The lowest BCUT2D eigenvalue weighted by Crippen LogP contribution is -2.08. The number of allylic oxidation sites excluding steroid dienone is 1. The number of aromatic nitrogens is 1. The third kappa shape index (κ3) is 10.5. The van der Waals surface area contributed by atoms with Gasteiger partial charge in [0.15, 0.2) is 12.0 Å². The minimum Gasteiger partial charge on any atom is -0.503 e. The number of rotatable bonds is 17. The molecule has 158 valence electrons. The molecule has 28 heavy (non-hydrogen) atoms. The Balaban J connectivity index is 1.98. The number of carbonyl (C=O) groups excluding carboxylic acids is 1. The Labute approximate surface area is 170 Å². The van der Waals surface area contributed by atoms with Crippen molar-refractivity contribution in [1.82, 2.24) is 4.57 Å². The molecule has 0 bridgehead atoms. The third-order valence-electron chi connectivity index (χ3n) is 5.24. The normalized spacial score (nSPS) is 11.3. The SMILES string of the molecule is CCCCCCCCCCCCCCCCC=Cn1ccc(=O)c(O)c1C=O. The second kappa shape index (κ2) is 16.1. The van der Waals surface area contributed by atoms with Gasteiger partial charge in [0.25, 0.3) is 0 Å². The fourth-order valence-electron chi connectivity index (χ4n) is 3.45. The summed E-state index contributed by atoms with van der Waals surface area (Å²) in [6, 6.07) is 1.26. The molecule has 0 aliphatic heterocycles. The van der Waals surface area contributed by atoms with Crippen LogP contribution in [0.3, 0.4) is 0 Å². The molecule has 1 heterocycles. The number of pyridine rings is 1. The van der Waals surface area contributed by atoms with E-state index >= 15 is 0 Å². The highest BCUT2D eigenvalue weighted by Crippen LogP contribution is 2.14. The Bertz CT molecular complexity index is 619. The summed E-state index contributed by atoms with van der Waals surface area (Å²) in [5.74, 6) is -0.487. The van der Waals surface area contributed by atoms with E-state index in [4.69, 9.17) is 0 Å². The van der Waals surface area contributed by atoms with Crippen LogP contribution >= 0.6 is 0 Å². The van der Waals surface area contributed by atoms with Gasteiger partial charge in [0.2, 0.25) is 5.43 Å². The van der Waals surface area contributed by atoms with Gasteiger partial charge in [-0.1, -0.05) is 96.5 Å². The van der Waals surface area contributed by atoms with Crippen LogP contribution in [-0.4, -0.2) is 16.0 Å². The summed E-state index contributed by atoms with van der Waals surface area (Å²) in [6.45, 7) is 2.27. The summed E-state index contributed by atoms with van der Waals surface area (Å²) in [7, 11) is 0. The minimum atomic E-state index is -0.529. The first-order valence-corrected chi connectivity index (χ1v) is 11.3. The summed E-state index contributed by atoms with van der Waals surface area (Å²) < 4.78 is 1.49. The molecule has 0 fully saturated rings. The molecule has 0 aliphatic carbocycles. The maximum atomic E-state index is 11.3. The standard InChI is InChI=1S/C24H39NO3/c1-2-3-4-5-6-7-8-9-10-11-12-13-14-15-16-17-19-25-20-18-23(27)24(28)22(25)21-26/h17-21,28H,2-16H2,1H3. The molecular weight excluding hydrogens is 350 g/mol. The van der Waals surface area contributed by atoms with E-state index in [0.29, 0.717) is 6.29 Å². The van der Waals surface area contributed by atoms with E-state index in [0.717, 1.165) is 12.8 Å². The molecule has 0 atom stereocenters. The molecule has 1 aromatic rings. The molecule has 0 unspecified atom stereocenters. The van der Waals surface area contributed by atoms with Gasteiger partial charge in [0, 0.05) is 18.5 Å². The lowest BCUT2D eigenvalue weighted by Gasteiger charge is -2.05. The Morgan fingerprint density at radius 3 is 1.86 bits per heavy atom. The van der Waals surface area contributed by atoms with E-state index in [1.54, 1.807) is 6.20 Å². The minimum absolute atomic E-state index is 0.00436. The number of unbranched alkanes of at least 4 members (excludes halogenated alkanes) is 14. The molecule has 0 aliphatic rings. The van der Waals surface area contributed by atoms with Gasteiger partial charge in [-0.25, -0.2) is 0 Å². The highest BCUT2D eigenvalue weighted by atomic mass is 16.3. The number of aldehydes is 1. The Morgan fingerprint density at radius 2 is 1.36 bits per heavy atom. The Kier molecular flexibility index (Phi) is 14.0. The van der Waals surface area contributed by atoms with Crippen LogP contribution in [0, 0.1) is 0 Å². The van der Waals surface area contributed by atoms with Crippen molar-refractivity contribution in [3.05, 3.63) is 34.3 Å². The van der Waals surface area contributed by atoms with Crippen LogP contribution in [-0.2, 0) is 0 Å². The predicted molar refractivity (Wildman–Crippen MR) is 118 cm³/mol. The average molecular weight is 390 g/mol. The molecule has 0 saturated heterocycles. The van der Waals surface area contributed by atoms with Crippen molar-refractivity contribution < 1.29 is 9.90 Å². The van der Waals surface area contributed by atoms with E-state index in [-0.39, 0.29) is 5.69 Å². The second-order valence-corrected chi connectivity index (χ2v) is 7.71. The fourth-order valence-corrected chi connectivity index (χ4v) is 3.45. The van der Waals surface area contributed by atoms with Crippen molar-refractivity contribution in [3.63, 3.8) is 0 Å². The monoisotopic (exact) mass is 389 g/mol. The maximum Gasteiger partial charge on any atom is 0.223 e. The first-order chi connectivity index (χ1) is 13.7. The Hall–Kier alpha value is -1.84. The third-order valence-corrected chi connectivity index (χ3v) is 5.24. The second-order valence-electron chi connectivity index (χ2n) is 7.71. The zero-order valence-electron chi connectivity index (χ0n) is 17.7. The van der Waals surface area contributed by atoms with Crippen LogP contribution in [0.15, 0.2) is 23.1 Å². The summed E-state index contributed by atoms with van der Waals surface area (Å²) in [5.41, 5.74) is -0.525. The van der Waals surface area contributed by atoms with Crippen LogP contribution in [0.1, 0.15) is 114 Å². The van der Waals surface area contributed by atoms with E-state index in [2.05, 4.69) is 6.92 Å². The van der Waals surface area contributed by atoms with Crippen molar-refractivity contribution in [2.45, 2.75) is 103 Å². The van der Waals surface area contributed by atoms with E-state index in [1.165, 1.54) is 100 Å². The molecule has 1 rings (SSSR count). The van der Waals surface area contributed by atoms with Crippen LogP contribution in [0.4, 0.5) is 0 Å². The largest absolute Gasteiger partial charge is 0.503 e. The van der Waals surface area contributed by atoms with Crippen molar-refractivity contribution in [3.8, 4) is 5.75 Å². The molecule has 0 spiro atoms. The van der Waals surface area contributed by atoms with Crippen LogP contribution in [0.2, 0.25) is 0 Å². The molecular formula is C24H39NO3. The molecule has 0 radical (unpaired) electrons. The lowest BCUT2D eigenvalue weighted by molar-refractivity contribution is 0.111. The number of carbonyl (C=O) groups is 1. The van der Waals surface area contributed by atoms with E-state index in [1.807, 2.05) is 6.08 Å². The lowest BCUT2D eigenvalue weighted by atomic mass is 10.0. The quantitative estimate of drug-likeness (QED) is 0.238. The fraction of sp³-hybridized carbons (Fsp3) is 0.667. The summed E-state index contributed by atoms with van der Waals surface area (Å²) in [5, 5.41) is 9.61.